The highest BCUT2D eigenvalue weighted by atomic mass is 16.3. The highest BCUT2D eigenvalue weighted by Gasteiger charge is 2.22. The highest BCUT2D eigenvalue weighted by Crippen LogP contribution is 2.23. The standard InChI is InChI=1S/C14H20N2O2/c1-10-8-12(6-7-15-10)14(18)16-13-4-2-11(9-17)3-5-13/h6-8,11,13,17H,2-5,9H2,1H3,(H,16,18). The second-order valence-electron chi connectivity index (χ2n) is 5.06. The second kappa shape index (κ2) is 5.96. The third-order valence-corrected chi connectivity index (χ3v) is 3.60. The molecule has 1 aliphatic carbocycles. The van der Waals surface area contributed by atoms with Crippen molar-refractivity contribution >= 4 is 5.91 Å². The number of carbonyl (C=O) groups excluding carboxylic acids is 1. The van der Waals surface area contributed by atoms with Crippen LogP contribution < -0.4 is 5.32 Å². The maximum atomic E-state index is 12.0. The number of nitrogens with zero attached hydrogens (tertiary/aromatic N) is 1. The molecule has 4 heteroatoms. The van der Waals surface area contributed by atoms with E-state index in [1.165, 1.54) is 0 Å². The van der Waals surface area contributed by atoms with E-state index < -0.39 is 0 Å². The molecule has 2 N–H and O–H groups in total. The van der Waals surface area contributed by atoms with Crippen LogP contribution >= 0.6 is 0 Å². The van der Waals surface area contributed by atoms with Crippen LogP contribution in [0.2, 0.25) is 0 Å². The lowest BCUT2D eigenvalue weighted by atomic mass is 9.86. The average Bonchev–Trinajstić information content (AvgIpc) is 2.39. The number of aliphatic hydroxyl groups excluding tert-OH is 1. The molecule has 0 radical (unpaired) electrons. The number of aliphatic hydroxyl groups is 1. The van der Waals surface area contributed by atoms with Crippen LogP contribution in [-0.2, 0) is 0 Å². The van der Waals surface area contributed by atoms with Crippen LogP contribution in [0, 0.1) is 12.8 Å². The van der Waals surface area contributed by atoms with Crippen LogP contribution in [0.5, 0.6) is 0 Å². The van der Waals surface area contributed by atoms with Gasteiger partial charge < -0.3 is 10.4 Å². The Balaban J connectivity index is 1.89. The molecule has 2 rings (SSSR count). The Labute approximate surface area is 107 Å². The van der Waals surface area contributed by atoms with E-state index in [1.54, 1.807) is 18.3 Å². The predicted octanol–water partition coefficient (Wildman–Crippen LogP) is 1.67. The number of carbonyl (C=O) groups is 1. The number of rotatable bonds is 3. The van der Waals surface area contributed by atoms with E-state index >= 15 is 0 Å². The summed E-state index contributed by atoms with van der Waals surface area (Å²) in [6.07, 6.45) is 5.57. The Morgan fingerprint density at radius 2 is 2.17 bits per heavy atom. The molecule has 1 saturated carbocycles. The molecule has 98 valence electrons. The van der Waals surface area contributed by atoms with Gasteiger partial charge in [0, 0.05) is 30.1 Å². The Bertz CT molecular complexity index is 412. The molecule has 0 saturated heterocycles. The summed E-state index contributed by atoms with van der Waals surface area (Å²) in [6, 6.07) is 3.78. The molecule has 1 aromatic heterocycles. The zero-order valence-electron chi connectivity index (χ0n) is 10.7. The first-order chi connectivity index (χ1) is 8.69. The van der Waals surface area contributed by atoms with Crippen molar-refractivity contribution in [2.45, 2.75) is 38.6 Å². The third kappa shape index (κ3) is 3.29. The molecule has 18 heavy (non-hydrogen) atoms. The zero-order valence-corrected chi connectivity index (χ0v) is 10.7. The fourth-order valence-corrected chi connectivity index (χ4v) is 2.44. The predicted molar refractivity (Wildman–Crippen MR) is 69.3 cm³/mol. The molecule has 0 atom stereocenters. The van der Waals surface area contributed by atoms with Crippen molar-refractivity contribution in [1.29, 1.82) is 0 Å². The van der Waals surface area contributed by atoms with Gasteiger partial charge in [0.25, 0.3) is 5.91 Å². The summed E-state index contributed by atoms with van der Waals surface area (Å²) >= 11 is 0. The minimum absolute atomic E-state index is 0.0204. The monoisotopic (exact) mass is 248 g/mol. The van der Waals surface area contributed by atoms with Crippen LogP contribution in [0.3, 0.4) is 0 Å². The quantitative estimate of drug-likeness (QED) is 0.855. The Morgan fingerprint density at radius 1 is 1.44 bits per heavy atom. The number of hydrogen-bond acceptors (Lipinski definition) is 3. The maximum absolute atomic E-state index is 12.0. The van der Waals surface area contributed by atoms with E-state index in [0.717, 1.165) is 31.4 Å². The average molecular weight is 248 g/mol. The number of amides is 1. The molecule has 0 bridgehead atoms. The van der Waals surface area contributed by atoms with Crippen molar-refractivity contribution in [2.24, 2.45) is 5.92 Å². The third-order valence-electron chi connectivity index (χ3n) is 3.60. The smallest absolute Gasteiger partial charge is 0.251 e. The first-order valence-corrected chi connectivity index (χ1v) is 6.53. The van der Waals surface area contributed by atoms with E-state index in [4.69, 9.17) is 5.11 Å². The maximum Gasteiger partial charge on any atom is 0.251 e. The molecule has 0 unspecified atom stereocenters. The van der Waals surface area contributed by atoms with Crippen molar-refractivity contribution < 1.29 is 9.90 Å². The number of hydrogen-bond donors (Lipinski definition) is 2. The van der Waals surface area contributed by atoms with Crippen molar-refractivity contribution in [3.63, 3.8) is 0 Å². The summed E-state index contributed by atoms with van der Waals surface area (Å²) in [5.74, 6) is 0.397. The van der Waals surface area contributed by atoms with E-state index in [-0.39, 0.29) is 18.6 Å². The molecule has 1 amide bonds. The van der Waals surface area contributed by atoms with Gasteiger partial charge in [-0.1, -0.05) is 0 Å². The van der Waals surface area contributed by atoms with Gasteiger partial charge in [0.05, 0.1) is 0 Å². The number of pyridine rings is 1. The van der Waals surface area contributed by atoms with Gasteiger partial charge in [0.15, 0.2) is 0 Å². The van der Waals surface area contributed by atoms with Gasteiger partial charge in [-0.3, -0.25) is 9.78 Å². The molecule has 0 spiro atoms. The van der Waals surface area contributed by atoms with E-state index in [2.05, 4.69) is 10.3 Å². The van der Waals surface area contributed by atoms with E-state index in [9.17, 15) is 4.79 Å². The summed E-state index contributed by atoms with van der Waals surface area (Å²) in [5.41, 5.74) is 1.53. The first kappa shape index (κ1) is 13.0. The molecule has 0 aromatic carbocycles. The molecule has 1 fully saturated rings. The lowest BCUT2D eigenvalue weighted by Crippen LogP contribution is -2.38. The van der Waals surface area contributed by atoms with Gasteiger partial charge >= 0.3 is 0 Å². The Morgan fingerprint density at radius 3 is 2.78 bits per heavy atom. The SMILES string of the molecule is Cc1cc(C(=O)NC2CCC(CO)CC2)ccn1. The van der Waals surface area contributed by atoms with Crippen molar-refractivity contribution in [3.8, 4) is 0 Å². The zero-order chi connectivity index (χ0) is 13.0. The largest absolute Gasteiger partial charge is 0.396 e. The lowest BCUT2D eigenvalue weighted by molar-refractivity contribution is 0.0913. The lowest BCUT2D eigenvalue weighted by Gasteiger charge is -2.27. The van der Waals surface area contributed by atoms with Gasteiger partial charge in [-0.05, 0) is 50.7 Å². The van der Waals surface area contributed by atoms with Crippen LogP contribution in [0.15, 0.2) is 18.3 Å². The Kier molecular flexibility index (Phi) is 4.31. The Hall–Kier alpha value is -1.42. The van der Waals surface area contributed by atoms with Gasteiger partial charge in [-0.25, -0.2) is 0 Å². The van der Waals surface area contributed by atoms with Crippen molar-refractivity contribution in [3.05, 3.63) is 29.6 Å². The van der Waals surface area contributed by atoms with Crippen LogP contribution in [0.4, 0.5) is 0 Å². The molecule has 4 nitrogen and oxygen atoms in total. The topological polar surface area (TPSA) is 62.2 Å². The van der Waals surface area contributed by atoms with Gasteiger partial charge in [-0.2, -0.15) is 0 Å². The minimum atomic E-state index is -0.0204. The van der Waals surface area contributed by atoms with Crippen molar-refractivity contribution in [2.75, 3.05) is 6.61 Å². The van der Waals surface area contributed by atoms with Gasteiger partial charge in [0.2, 0.25) is 0 Å². The molecule has 1 aliphatic rings. The molecular weight excluding hydrogens is 228 g/mol. The van der Waals surface area contributed by atoms with E-state index in [0.29, 0.717) is 11.5 Å². The summed E-state index contributed by atoms with van der Waals surface area (Å²) in [7, 11) is 0. The molecule has 1 heterocycles. The number of aromatic nitrogens is 1. The van der Waals surface area contributed by atoms with Crippen LogP contribution in [-0.4, -0.2) is 28.6 Å². The van der Waals surface area contributed by atoms with Crippen LogP contribution in [0.25, 0.3) is 0 Å². The first-order valence-electron chi connectivity index (χ1n) is 6.53. The molecule has 0 aliphatic heterocycles. The van der Waals surface area contributed by atoms with Gasteiger partial charge in [-0.15, -0.1) is 0 Å². The number of aryl methyl sites for hydroxylation is 1. The normalized spacial score (nSPS) is 23.7. The van der Waals surface area contributed by atoms with Crippen LogP contribution in [0.1, 0.15) is 41.7 Å². The fraction of sp³-hybridized carbons (Fsp3) is 0.571. The summed E-state index contributed by atoms with van der Waals surface area (Å²) < 4.78 is 0. The van der Waals surface area contributed by atoms with E-state index in [1.807, 2.05) is 6.92 Å². The van der Waals surface area contributed by atoms with Gasteiger partial charge in [0.1, 0.15) is 0 Å². The minimum Gasteiger partial charge on any atom is -0.396 e. The van der Waals surface area contributed by atoms with Crippen molar-refractivity contribution in [1.82, 2.24) is 10.3 Å². The second-order valence-corrected chi connectivity index (χ2v) is 5.06. The molecular formula is C14H20N2O2. The summed E-state index contributed by atoms with van der Waals surface area (Å²) in [6.45, 7) is 2.15. The number of nitrogens with one attached hydrogen (secondary N) is 1. The summed E-state index contributed by atoms with van der Waals surface area (Å²) in [4.78, 5) is 16.1. The molecule has 1 aromatic rings. The fourth-order valence-electron chi connectivity index (χ4n) is 2.44. The highest BCUT2D eigenvalue weighted by molar-refractivity contribution is 5.94. The summed E-state index contributed by atoms with van der Waals surface area (Å²) in [5, 5.41) is 12.1.